The molecule has 0 unspecified atom stereocenters. The largest absolute Gasteiger partial charge is 0.495 e. The van der Waals surface area contributed by atoms with Crippen molar-refractivity contribution in [1.29, 1.82) is 0 Å². The van der Waals surface area contributed by atoms with E-state index in [0.29, 0.717) is 11.8 Å². The fourth-order valence-corrected chi connectivity index (χ4v) is 1.51. The molecule has 3 nitrogen and oxygen atoms in total. The summed E-state index contributed by atoms with van der Waals surface area (Å²) in [5.41, 5.74) is -0.543. The van der Waals surface area contributed by atoms with E-state index in [9.17, 15) is 18.0 Å². The first-order valence-electron chi connectivity index (χ1n) is 5.22. The summed E-state index contributed by atoms with van der Waals surface area (Å²) < 4.78 is 44.2. The van der Waals surface area contributed by atoms with E-state index in [0.717, 1.165) is 6.07 Å². The first kappa shape index (κ1) is 13.1. The van der Waals surface area contributed by atoms with Gasteiger partial charge in [0, 0.05) is 11.8 Å². The smallest absolute Gasteiger partial charge is 0.197 e. The minimum Gasteiger partial charge on any atom is -0.495 e. The highest BCUT2D eigenvalue weighted by molar-refractivity contribution is 6.09. The molecule has 0 radical (unpaired) electrons. The lowest BCUT2D eigenvalue weighted by atomic mass is 10.0. The van der Waals surface area contributed by atoms with Crippen LogP contribution in [-0.2, 0) is 0 Å². The molecule has 98 valence electrons. The molecule has 0 spiro atoms. The predicted octanol–water partition coefficient (Wildman–Crippen LogP) is 2.74. The Bertz CT molecular complexity index is 644. The molecular weight excluding hydrogens is 259 g/mol. The lowest BCUT2D eigenvalue weighted by Gasteiger charge is -2.05. The molecule has 0 saturated carbocycles. The molecule has 2 rings (SSSR count). The van der Waals surface area contributed by atoms with Crippen molar-refractivity contribution in [3.05, 3.63) is 59.2 Å². The maximum atomic E-state index is 13.5. The van der Waals surface area contributed by atoms with E-state index in [-0.39, 0.29) is 5.56 Å². The van der Waals surface area contributed by atoms with Crippen LogP contribution in [0.25, 0.3) is 0 Å². The van der Waals surface area contributed by atoms with E-state index in [2.05, 4.69) is 4.98 Å². The highest BCUT2D eigenvalue weighted by atomic mass is 19.2. The zero-order chi connectivity index (χ0) is 14.0. The highest BCUT2D eigenvalue weighted by Gasteiger charge is 2.20. The minimum absolute atomic E-state index is 0.0178. The molecule has 1 aromatic carbocycles. The molecule has 0 fully saturated rings. The predicted molar refractivity (Wildman–Crippen MR) is 60.5 cm³/mol. The molecule has 0 bridgehead atoms. The van der Waals surface area contributed by atoms with Gasteiger partial charge in [-0.25, -0.2) is 13.2 Å². The summed E-state index contributed by atoms with van der Waals surface area (Å²) in [6, 6.07) is 2.91. The Morgan fingerprint density at radius 3 is 2.58 bits per heavy atom. The number of carbonyl (C=O) groups excluding carboxylic acids is 1. The van der Waals surface area contributed by atoms with E-state index in [1.807, 2.05) is 0 Å². The number of ether oxygens (including phenoxy) is 1. The SMILES string of the molecule is COc1cncc(C(=O)c2ccc(F)c(F)c2F)c1. The van der Waals surface area contributed by atoms with Gasteiger partial charge in [0.25, 0.3) is 0 Å². The fourth-order valence-electron chi connectivity index (χ4n) is 1.51. The van der Waals surface area contributed by atoms with Crippen molar-refractivity contribution in [2.24, 2.45) is 0 Å². The maximum Gasteiger partial charge on any atom is 0.197 e. The number of halogens is 3. The molecule has 19 heavy (non-hydrogen) atoms. The van der Waals surface area contributed by atoms with E-state index in [4.69, 9.17) is 4.74 Å². The highest BCUT2D eigenvalue weighted by Crippen LogP contribution is 2.20. The summed E-state index contributed by atoms with van der Waals surface area (Å²) in [5, 5.41) is 0. The second-order valence-corrected chi connectivity index (χ2v) is 3.67. The van der Waals surface area contributed by atoms with Gasteiger partial charge in [-0.05, 0) is 18.2 Å². The molecule has 0 aliphatic carbocycles. The van der Waals surface area contributed by atoms with Gasteiger partial charge in [0.05, 0.1) is 18.9 Å². The summed E-state index contributed by atoms with van der Waals surface area (Å²) >= 11 is 0. The van der Waals surface area contributed by atoms with Crippen molar-refractivity contribution < 1.29 is 22.7 Å². The van der Waals surface area contributed by atoms with E-state index in [1.54, 1.807) is 0 Å². The lowest BCUT2D eigenvalue weighted by Crippen LogP contribution is -2.07. The second kappa shape index (κ2) is 5.09. The topological polar surface area (TPSA) is 39.2 Å². The quantitative estimate of drug-likeness (QED) is 0.634. The van der Waals surface area contributed by atoms with Gasteiger partial charge >= 0.3 is 0 Å². The molecule has 6 heteroatoms. The first-order chi connectivity index (χ1) is 9.04. The second-order valence-electron chi connectivity index (χ2n) is 3.67. The molecule has 0 aliphatic rings. The van der Waals surface area contributed by atoms with Gasteiger partial charge in [-0.15, -0.1) is 0 Å². The third-order valence-corrected chi connectivity index (χ3v) is 2.49. The Hall–Kier alpha value is -2.37. The summed E-state index contributed by atoms with van der Waals surface area (Å²) in [4.78, 5) is 15.7. The van der Waals surface area contributed by atoms with Crippen LogP contribution in [0, 0.1) is 17.5 Å². The molecule has 0 aliphatic heterocycles. The average Bonchev–Trinajstić information content (AvgIpc) is 2.44. The Balaban J connectivity index is 2.47. The van der Waals surface area contributed by atoms with Crippen molar-refractivity contribution in [1.82, 2.24) is 4.98 Å². The van der Waals surface area contributed by atoms with Crippen molar-refractivity contribution >= 4 is 5.78 Å². The molecule has 1 aromatic heterocycles. The van der Waals surface area contributed by atoms with E-state index >= 15 is 0 Å². The molecule has 1 heterocycles. The average molecular weight is 267 g/mol. The van der Waals surface area contributed by atoms with Gasteiger partial charge in [0.15, 0.2) is 23.2 Å². The van der Waals surface area contributed by atoms with Crippen molar-refractivity contribution in [3.8, 4) is 5.75 Å². The molecule has 0 atom stereocenters. The number of benzene rings is 1. The number of methoxy groups -OCH3 is 1. The Morgan fingerprint density at radius 1 is 1.16 bits per heavy atom. The van der Waals surface area contributed by atoms with Gasteiger partial charge in [-0.1, -0.05) is 0 Å². The number of nitrogens with zero attached hydrogens (tertiary/aromatic N) is 1. The molecule has 0 saturated heterocycles. The fraction of sp³-hybridized carbons (Fsp3) is 0.0769. The van der Waals surface area contributed by atoms with Crippen LogP contribution in [0.5, 0.6) is 5.75 Å². The number of carbonyl (C=O) groups is 1. The van der Waals surface area contributed by atoms with Crippen LogP contribution in [0.1, 0.15) is 15.9 Å². The number of hydrogen-bond acceptors (Lipinski definition) is 3. The maximum absolute atomic E-state index is 13.5. The summed E-state index contributed by atoms with van der Waals surface area (Å²) in [6.45, 7) is 0. The number of rotatable bonds is 3. The molecule has 2 aromatic rings. The number of aromatic nitrogens is 1. The number of hydrogen-bond donors (Lipinski definition) is 0. The zero-order valence-corrected chi connectivity index (χ0v) is 9.78. The Morgan fingerprint density at radius 2 is 1.89 bits per heavy atom. The Kier molecular flexibility index (Phi) is 3.50. The number of pyridine rings is 1. The first-order valence-corrected chi connectivity index (χ1v) is 5.22. The van der Waals surface area contributed by atoms with E-state index < -0.39 is 28.8 Å². The van der Waals surface area contributed by atoms with Crippen LogP contribution >= 0.6 is 0 Å². The Labute approximate surface area is 106 Å². The van der Waals surface area contributed by atoms with Crippen LogP contribution < -0.4 is 4.74 Å². The van der Waals surface area contributed by atoms with Crippen LogP contribution in [0.4, 0.5) is 13.2 Å². The summed E-state index contributed by atoms with van der Waals surface area (Å²) in [6.07, 6.45) is 2.55. The lowest BCUT2D eigenvalue weighted by molar-refractivity contribution is 0.103. The minimum atomic E-state index is -1.68. The van der Waals surface area contributed by atoms with Crippen LogP contribution in [0.15, 0.2) is 30.6 Å². The number of ketones is 1. The van der Waals surface area contributed by atoms with Crippen LogP contribution in [0.3, 0.4) is 0 Å². The summed E-state index contributed by atoms with van der Waals surface area (Å²) in [5.74, 6) is -5.05. The normalized spacial score (nSPS) is 10.3. The zero-order valence-electron chi connectivity index (χ0n) is 9.78. The molecular formula is C13H8F3NO2. The monoisotopic (exact) mass is 267 g/mol. The van der Waals surface area contributed by atoms with Crippen molar-refractivity contribution in [3.63, 3.8) is 0 Å². The molecule has 0 N–H and O–H groups in total. The van der Waals surface area contributed by atoms with Gasteiger partial charge in [-0.3, -0.25) is 9.78 Å². The molecule has 0 amide bonds. The van der Waals surface area contributed by atoms with Gasteiger partial charge < -0.3 is 4.74 Å². The van der Waals surface area contributed by atoms with Crippen LogP contribution in [0.2, 0.25) is 0 Å². The summed E-state index contributed by atoms with van der Waals surface area (Å²) in [7, 11) is 1.38. The van der Waals surface area contributed by atoms with Gasteiger partial charge in [-0.2, -0.15) is 0 Å². The third-order valence-electron chi connectivity index (χ3n) is 2.49. The standard InChI is InChI=1S/C13H8F3NO2/c1-19-8-4-7(5-17-6-8)13(18)9-2-3-10(14)12(16)11(9)15/h2-6H,1H3. The van der Waals surface area contributed by atoms with Crippen LogP contribution in [-0.4, -0.2) is 17.9 Å². The van der Waals surface area contributed by atoms with E-state index in [1.165, 1.54) is 25.6 Å². The van der Waals surface area contributed by atoms with Gasteiger partial charge in [0.1, 0.15) is 5.75 Å². The van der Waals surface area contributed by atoms with Gasteiger partial charge in [0.2, 0.25) is 0 Å². The third kappa shape index (κ3) is 2.42. The van der Waals surface area contributed by atoms with Crippen molar-refractivity contribution in [2.75, 3.05) is 7.11 Å². The van der Waals surface area contributed by atoms with Crippen molar-refractivity contribution in [2.45, 2.75) is 0 Å².